The summed E-state index contributed by atoms with van der Waals surface area (Å²) in [7, 11) is 0. The van der Waals surface area contributed by atoms with Gasteiger partial charge in [0.15, 0.2) is 0 Å². The van der Waals surface area contributed by atoms with Crippen LogP contribution in [0.4, 0.5) is 0 Å². The molecule has 3 N–H and O–H groups in total. The third kappa shape index (κ3) is 3.08. The molecule has 0 heterocycles. The minimum atomic E-state index is 0.117. The van der Waals surface area contributed by atoms with Crippen molar-refractivity contribution in [3.8, 4) is 5.75 Å². The van der Waals surface area contributed by atoms with Crippen molar-refractivity contribution in [3.05, 3.63) is 59.4 Å². The Morgan fingerprint density at radius 3 is 2.35 bits per heavy atom. The summed E-state index contributed by atoms with van der Waals surface area (Å²) >= 11 is 0. The van der Waals surface area contributed by atoms with Crippen LogP contribution in [0.5, 0.6) is 5.75 Å². The fourth-order valence-corrected chi connectivity index (χ4v) is 1.63. The van der Waals surface area contributed by atoms with E-state index >= 15 is 0 Å². The van der Waals surface area contributed by atoms with Crippen molar-refractivity contribution in [2.45, 2.75) is 6.42 Å². The maximum absolute atomic E-state index is 9.36. The molecule has 0 atom stereocenters. The van der Waals surface area contributed by atoms with Crippen molar-refractivity contribution in [2.24, 2.45) is 0 Å². The molecule has 3 nitrogen and oxygen atoms in total. The Morgan fingerprint density at radius 2 is 1.71 bits per heavy atom. The second-order valence-corrected chi connectivity index (χ2v) is 3.92. The van der Waals surface area contributed by atoms with Gasteiger partial charge in [-0.05, 0) is 29.3 Å². The molecule has 0 spiro atoms. The molecule has 2 rings (SSSR count). The molecule has 1 aromatic rings. The summed E-state index contributed by atoms with van der Waals surface area (Å²) < 4.78 is 0. The lowest BCUT2D eigenvalue weighted by Crippen LogP contribution is -2.00. The van der Waals surface area contributed by atoms with Crippen molar-refractivity contribution >= 4 is 11.8 Å². The van der Waals surface area contributed by atoms with Crippen molar-refractivity contribution in [2.75, 3.05) is 0 Å². The lowest BCUT2D eigenvalue weighted by atomic mass is 10.0. The number of phenolic OH excluding ortho intramolecular Hbond substituents is 1. The van der Waals surface area contributed by atoms with Crippen LogP contribution in [0.15, 0.2) is 53.8 Å². The minimum Gasteiger partial charge on any atom is -0.508 e. The van der Waals surface area contributed by atoms with Crippen molar-refractivity contribution in [1.29, 1.82) is 5.41 Å². The Bertz CT molecular complexity index is 522. The van der Waals surface area contributed by atoms with Gasteiger partial charge in [-0.1, -0.05) is 24.3 Å². The second kappa shape index (κ2) is 4.70. The van der Waals surface area contributed by atoms with Crippen molar-refractivity contribution in [3.63, 3.8) is 0 Å². The highest BCUT2D eigenvalue weighted by Gasteiger charge is 2.05. The summed E-state index contributed by atoms with van der Waals surface area (Å²) in [5.41, 5.74) is 2.25. The number of benzene rings is 1. The van der Waals surface area contributed by atoms with Crippen molar-refractivity contribution < 1.29 is 10.2 Å². The monoisotopic (exact) mass is 227 g/mol. The second-order valence-electron chi connectivity index (χ2n) is 3.92. The lowest BCUT2D eigenvalue weighted by Gasteiger charge is -2.07. The largest absolute Gasteiger partial charge is 0.508 e. The van der Waals surface area contributed by atoms with E-state index in [0.29, 0.717) is 12.1 Å². The zero-order chi connectivity index (χ0) is 12.3. The predicted molar refractivity (Wildman–Crippen MR) is 68.3 cm³/mol. The first kappa shape index (κ1) is 11.2. The molecule has 0 fully saturated rings. The maximum atomic E-state index is 9.36. The van der Waals surface area contributed by atoms with Crippen LogP contribution in [0.25, 0.3) is 6.08 Å². The molecule has 0 saturated heterocycles. The van der Waals surface area contributed by atoms with E-state index in [4.69, 9.17) is 10.5 Å². The molecule has 86 valence electrons. The van der Waals surface area contributed by atoms with Gasteiger partial charge in [0, 0.05) is 18.2 Å². The van der Waals surface area contributed by atoms with Gasteiger partial charge < -0.3 is 15.6 Å². The zero-order valence-corrected chi connectivity index (χ0v) is 9.22. The van der Waals surface area contributed by atoms with Gasteiger partial charge in [0.25, 0.3) is 0 Å². The summed E-state index contributed by atoms with van der Waals surface area (Å²) in [5, 5.41) is 26.0. The van der Waals surface area contributed by atoms with Crippen LogP contribution in [-0.2, 0) is 0 Å². The summed E-state index contributed by atoms with van der Waals surface area (Å²) in [4.78, 5) is 0. The molecular weight excluding hydrogens is 214 g/mol. The smallest absolute Gasteiger partial charge is 0.117 e. The van der Waals surface area contributed by atoms with E-state index in [1.807, 2.05) is 12.2 Å². The molecule has 0 saturated carbocycles. The Hall–Kier alpha value is -2.29. The molecule has 0 unspecified atom stereocenters. The Balaban J connectivity index is 2.14. The molecule has 1 aliphatic carbocycles. The Morgan fingerprint density at radius 1 is 1.00 bits per heavy atom. The van der Waals surface area contributed by atoms with Crippen LogP contribution in [0.2, 0.25) is 0 Å². The molecule has 17 heavy (non-hydrogen) atoms. The van der Waals surface area contributed by atoms with Gasteiger partial charge in [-0.15, -0.1) is 0 Å². The maximum Gasteiger partial charge on any atom is 0.117 e. The number of phenols is 1. The van der Waals surface area contributed by atoms with Crippen LogP contribution >= 0.6 is 0 Å². The summed E-state index contributed by atoms with van der Waals surface area (Å²) in [6.07, 6.45) is 7.37. The first-order chi connectivity index (χ1) is 8.13. The third-order valence-corrected chi connectivity index (χ3v) is 2.43. The third-order valence-electron chi connectivity index (χ3n) is 2.43. The number of aromatic hydroxyl groups is 1. The molecule has 0 aromatic heterocycles. The van der Waals surface area contributed by atoms with E-state index in [9.17, 15) is 5.11 Å². The summed E-state index contributed by atoms with van der Waals surface area (Å²) in [5.74, 6) is 0.355. The predicted octanol–water partition coefficient (Wildman–Crippen LogP) is 3.20. The quantitative estimate of drug-likeness (QED) is 0.726. The number of nitrogens with one attached hydrogen (secondary N) is 1. The van der Waals surface area contributed by atoms with Crippen LogP contribution < -0.4 is 0 Å². The summed E-state index contributed by atoms with van der Waals surface area (Å²) in [6, 6.07) is 6.84. The molecule has 0 bridgehead atoms. The van der Waals surface area contributed by atoms with E-state index in [1.165, 1.54) is 6.08 Å². The fourth-order valence-electron chi connectivity index (χ4n) is 1.63. The molecule has 1 aromatic carbocycles. The Labute approximate surface area is 99.6 Å². The topological polar surface area (TPSA) is 64.3 Å². The Kier molecular flexibility index (Phi) is 3.10. The molecule has 0 radical (unpaired) electrons. The lowest BCUT2D eigenvalue weighted by molar-refractivity contribution is 0.431. The summed E-state index contributed by atoms with van der Waals surface area (Å²) in [6.45, 7) is 0. The number of aliphatic hydroxyl groups is 1. The van der Waals surface area contributed by atoms with E-state index in [0.717, 1.165) is 11.1 Å². The number of aliphatic hydroxyl groups excluding tert-OH is 1. The van der Waals surface area contributed by atoms with Gasteiger partial charge in [0.05, 0.1) is 0 Å². The normalized spacial score (nSPS) is 15.9. The van der Waals surface area contributed by atoms with Gasteiger partial charge in [-0.3, -0.25) is 0 Å². The van der Waals surface area contributed by atoms with Gasteiger partial charge in [-0.25, -0.2) is 0 Å². The highest BCUT2D eigenvalue weighted by molar-refractivity contribution is 5.96. The SMILES string of the molecule is N=C1C=C(O)C=C(C=Cc2ccc(O)cc2)C1. The fraction of sp³-hybridized carbons (Fsp3) is 0.0714. The highest BCUT2D eigenvalue weighted by Crippen LogP contribution is 2.17. The van der Waals surface area contributed by atoms with Gasteiger partial charge in [0.2, 0.25) is 0 Å². The number of hydrogen-bond acceptors (Lipinski definition) is 3. The van der Waals surface area contributed by atoms with E-state index in [2.05, 4.69) is 0 Å². The molecular formula is C14H13NO2. The average molecular weight is 227 g/mol. The zero-order valence-electron chi connectivity index (χ0n) is 9.22. The first-order valence-electron chi connectivity index (χ1n) is 5.29. The van der Waals surface area contributed by atoms with E-state index in [1.54, 1.807) is 30.3 Å². The standard InChI is InChI=1S/C14H13NO2/c15-12-7-11(8-14(17)9-12)2-1-10-3-5-13(16)6-4-10/h1-6,8-9,15-17H,7H2. The van der Waals surface area contributed by atoms with E-state index in [-0.39, 0.29) is 11.5 Å². The van der Waals surface area contributed by atoms with E-state index < -0.39 is 0 Å². The molecule has 3 heteroatoms. The number of rotatable bonds is 2. The average Bonchev–Trinajstić information content (AvgIpc) is 2.27. The molecule has 0 amide bonds. The molecule has 1 aliphatic rings. The number of hydrogen-bond donors (Lipinski definition) is 3. The van der Waals surface area contributed by atoms with Crippen LogP contribution in [-0.4, -0.2) is 15.9 Å². The van der Waals surface area contributed by atoms with Gasteiger partial charge >= 0.3 is 0 Å². The highest BCUT2D eigenvalue weighted by atomic mass is 16.3. The van der Waals surface area contributed by atoms with Crippen LogP contribution in [0, 0.1) is 5.41 Å². The van der Waals surface area contributed by atoms with Gasteiger partial charge in [0.1, 0.15) is 11.5 Å². The van der Waals surface area contributed by atoms with Gasteiger partial charge in [-0.2, -0.15) is 0 Å². The van der Waals surface area contributed by atoms with Crippen LogP contribution in [0.3, 0.4) is 0 Å². The van der Waals surface area contributed by atoms with Crippen molar-refractivity contribution in [1.82, 2.24) is 0 Å². The minimum absolute atomic E-state index is 0.117. The number of allylic oxidation sites excluding steroid dienone is 4. The first-order valence-corrected chi connectivity index (χ1v) is 5.29. The molecule has 0 aliphatic heterocycles. The van der Waals surface area contributed by atoms with Crippen LogP contribution in [0.1, 0.15) is 12.0 Å².